The Morgan fingerprint density at radius 3 is 2.55 bits per heavy atom. The first-order valence-corrected chi connectivity index (χ1v) is 3.27. The molecule has 0 aliphatic carbocycles. The van der Waals surface area contributed by atoms with E-state index in [4.69, 9.17) is 15.9 Å². The van der Waals surface area contributed by atoms with Gasteiger partial charge in [0.25, 0.3) is 0 Å². The Hall–Kier alpha value is -0.650. The number of carbonyl (C=O) groups is 1. The number of ether oxygens (including phenoxy) is 1. The summed E-state index contributed by atoms with van der Waals surface area (Å²) in [6.45, 7) is 0. The Morgan fingerprint density at radius 2 is 2.18 bits per heavy atom. The van der Waals surface area contributed by atoms with Crippen molar-refractivity contribution in [1.82, 2.24) is 0 Å². The smallest absolute Gasteiger partial charge is 0.320 e. The quantitative estimate of drug-likeness (QED) is 0.459. The lowest BCUT2D eigenvalue weighted by Crippen LogP contribution is -2.31. The van der Waals surface area contributed by atoms with Crippen molar-refractivity contribution in [3.63, 3.8) is 0 Å². The molecule has 66 valence electrons. The van der Waals surface area contributed by atoms with Crippen LogP contribution < -0.4 is 5.73 Å². The van der Waals surface area contributed by atoms with Crippen molar-refractivity contribution in [1.29, 1.82) is 0 Å². The average Bonchev–Trinajstić information content (AvgIpc) is 1.99. The van der Waals surface area contributed by atoms with Gasteiger partial charge < -0.3 is 20.7 Å². The lowest BCUT2D eigenvalue weighted by atomic mass is 10.2. The molecular formula is C6H13NO4. The van der Waals surface area contributed by atoms with Crippen LogP contribution in [0, 0.1) is 0 Å². The van der Waals surface area contributed by atoms with Gasteiger partial charge in [-0.05, 0) is 6.42 Å². The largest absolute Gasteiger partial charge is 0.480 e. The second kappa shape index (κ2) is 5.06. The lowest BCUT2D eigenvalue weighted by molar-refractivity contribution is -0.139. The fourth-order valence-electron chi connectivity index (χ4n) is 0.563. The Bertz CT molecular complexity index is 128. The number of carboxylic acid groups (broad SMARTS) is 1. The molecule has 11 heavy (non-hydrogen) atoms. The van der Waals surface area contributed by atoms with Crippen LogP contribution in [0.1, 0.15) is 12.8 Å². The van der Waals surface area contributed by atoms with Crippen LogP contribution in [0.2, 0.25) is 0 Å². The Balaban J connectivity index is 3.45. The summed E-state index contributed by atoms with van der Waals surface area (Å²) >= 11 is 0. The SMILES string of the molecule is CO[C@H](O)CC[C@H](N)C(=O)O. The van der Waals surface area contributed by atoms with Gasteiger partial charge in [0, 0.05) is 13.5 Å². The van der Waals surface area contributed by atoms with E-state index in [9.17, 15) is 4.79 Å². The number of aliphatic hydroxyl groups excluding tert-OH is 1. The Labute approximate surface area is 64.8 Å². The first-order valence-electron chi connectivity index (χ1n) is 3.27. The molecule has 5 heteroatoms. The van der Waals surface area contributed by atoms with Crippen LogP contribution in [0.4, 0.5) is 0 Å². The minimum absolute atomic E-state index is 0.213. The monoisotopic (exact) mass is 163 g/mol. The molecule has 5 nitrogen and oxygen atoms in total. The third-order valence-electron chi connectivity index (χ3n) is 1.31. The maximum Gasteiger partial charge on any atom is 0.320 e. The number of aliphatic carboxylic acids is 1. The number of nitrogens with two attached hydrogens (primary N) is 1. The highest BCUT2D eigenvalue weighted by Crippen LogP contribution is 2.00. The minimum Gasteiger partial charge on any atom is -0.480 e. The first-order chi connectivity index (χ1) is 5.07. The molecule has 0 aliphatic heterocycles. The molecule has 0 aromatic rings. The summed E-state index contributed by atoms with van der Waals surface area (Å²) in [5, 5.41) is 17.1. The summed E-state index contributed by atoms with van der Waals surface area (Å²) in [7, 11) is 1.34. The summed E-state index contributed by atoms with van der Waals surface area (Å²) in [5.41, 5.74) is 5.15. The molecule has 0 heterocycles. The third-order valence-corrected chi connectivity index (χ3v) is 1.31. The molecule has 0 aliphatic rings. The number of carboxylic acids is 1. The molecule has 0 saturated carbocycles. The second-order valence-electron chi connectivity index (χ2n) is 2.21. The van der Waals surface area contributed by atoms with Crippen molar-refractivity contribution in [3.05, 3.63) is 0 Å². The standard InChI is InChI=1S/C6H13NO4/c1-11-5(8)3-2-4(7)6(9)10/h4-5,8H,2-3,7H2,1H3,(H,9,10)/t4-,5-/m0/s1. The molecule has 4 N–H and O–H groups in total. The van der Waals surface area contributed by atoms with Gasteiger partial charge in [0.2, 0.25) is 0 Å². The Morgan fingerprint density at radius 1 is 1.64 bits per heavy atom. The van der Waals surface area contributed by atoms with Crippen molar-refractivity contribution in [3.8, 4) is 0 Å². The topological polar surface area (TPSA) is 92.8 Å². The zero-order valence-electron chi connectivity index (χ0n) is 6.36. The predicted octanol–water partition coefficient (Wildman–Crippen LogP) is -0.857. The van der Waals surface area contributed by atoms with Crippen molar-refractivity contribution >= 4 is 5.97 Å². The van der Waals surface area contributed by atoms with Crippen LogP contribution in [0.3, 0.4) is 0 Å². The van der Waals surface area contributed by atoms with Gasteiger partial charge in [0.05, 0.1) is 0 Å². The van der Waals surface area contributed by atoms with Crippen molar-refractivity contribution in [2.75, 3.05) is 7.11 Å². The fraction of sp³-hybridized carbons (Fsp3) is 0.833. The van der Waals surface area contributed by atoms with E-state index >= 15 is 0 Å². The van der Waals surface area contributed by atoms with Gasteiger partial charge in [0.1, 0.15) is 6.04 Å². The maximum atomic E-state index is 10.2. The molecule has 0 amide bonds. The van der Waals surface area contributed by atoms with E-state index in [0.717, 1.165) is 0 Å². The Kier molecular flexibility index (Phi) is 4.76. The van der Waals surface area contributed by atoms with E-state index in [0.29, 0.717) is 0 Å². The van der Waals surface area contributed by atoms with Gasteiger partial charge in [-0.2, -0.15) is 0 Å². The highest BCUT2D eigenvalue weighted by atomic mass is 16.6. The predicted molar refractivity (Wildman–Crippen MR) is 37.9 cm³/mol. The van der Waals surface area contributed by atoms with Gasteiger partial charge >= 0.3 is 5.97 Å². The van der Waals surface area contributed by atoms with E-state index in [-0.39, 0.29) is 12.8 Å². The van der Waals surface area contributed by atoms with Gasteiger partial charge in [0.15, 0.2) is 6.29 Å². The van der Waals surface area contributed by atoms with Crippen LogP contribution >= 0.6 is 0 Å². The zero-order chi connectivity index (χ0) is 8.85. The number of rotatable bonds is 5. The van der Waals surface area contributed by atoms with E-state index in [2.05, 4.69) is 4.74 Å². The highest BCUT2D eigenvalue weighted by molar-refractivity contribution is 5.72. The molecule has 0 radical (unpaired) electrons. The molecule has 0 spiro atoms. The minimum atomic E-state index is -1.06. The van der Waals surface area contributed by atoms with Crippen LogP contribution in [0.25, 0.3) is 0 Å². The molecule has 0 rings (SSSR count). The van der Waals surface area contributed by atoms with Crippen molar-refractivity contribution in [2.24, 2.45) is 5.73 Å². The van der Waals surface area contributed by atoms with E-state index in [1.165, 1.54) is 7.11 Å². The molecular weight excluding hydrogens is 150 g/mol. The molecule has 0 bridgehead atoms. The molecule has 0 saturated heterocycles. The van der Waals surface area contributed by atoms with Crippen molar-refractivity contribution < 1.29 is 19.7 Å². The van der Waals surface area contributed by atoms with Crippen LogP contribution in [-0.2, 0) is 9.53 Å². The van der Waals surface area contributed by atoms with Crippen molar-refractivity contribution in [2.45, 2.75) is 25.2 Å². The fourth-order valence-corrected chi connectivity index (χ4v) is 0.563. The molecule has 0 unspecified atom stereocenters. The average molecular weight is 163 g/mol. The van der Waals surface area contributed by atoms with Crippen LogP contribution in [0.15, 0.2) is 0 Å². The van der Waals surface area contributed by atoms with Gasteiger partial charge in [-0.25, -0.2) is 0 Å². The van der Waals surface area contributed by atoms with Crippen LogP contribution in [0.5, 0.6) is 0 Å². The molecule has 0 fully saturated rings. The number of methoxy groups -OCH3 is 1. The highest BCUT2D eigenvalue weighted by Gasteiger charge is 2.12. The molecule has 0 aromatic carbocycles. The lowest BCUT2D eigenvalue weighted by Gasteiger charge is -2.09. The van der Waals surface area contributed by atoms with Crippen LogP contribution in [-0.4, -0.2) is 35.6 Å². The summed E-state index contributed by atoms with van der Waals surface area (Å²) in [6.07, 6.45) is -0.464. The normalized spacial score (nSPS) is 15.9. The third kappa shape index (κ3) is 4.72. The van der Waals surface area contributed by atoms with Gasteiger partial charge in [-0.3, -0.25) is 4.79 Å². The zero-order valence-corrected chi connectivity index (χ0v) is 6.36. The van der Waals surface area contributed by atoms with E-state index in [1.807, 2.05) is 0 Å². The second-order valence-corrected chi connectivity index (χ2v) is 2.21. The molecule has 0 aromatic heterocycles. The summed E-state index contributed by atoms with van der Waals surface area (Å²) in [5.74, 6) is -1.06. The maximum absolute atomic E-state index is 10.2. The van der Waals surface area contributed by atoms with Gasteiger partial charge in [-0.15, -0.1) is 0 Å². The summed E-state index contributed by atoms with van der Waals surface area (Å²) < 4.78 is 4.49. The number of hydrogen-bond acceptors (Lipinski definition) is 4. The van der Waals surface area contributed by atoms with E-state index in [1.54, 1.807) is 0 Å². The number of aliphatic hydroxyl groups is 1. The van der Waals surface area contributed by atoms with E-state index < -0.39 is 18.3 Å². The first kappa shape index (κ1) is 10.3. The summed E-state index contributed by atoms with van der Waals surface area (Å²) in [4.78, 5) is 10.2. The number of hydrogen-bond donors (Lipinski definition) is 3. The van der Waals surface area contributed by atoms with Gasteiger partial charge in [-0.1, -0.05) is 0 Å². The summed E-state index contributed by atoms with van der Waals surface area (Å²) in [6, 6.07) is -0.917. The molecule has 2 atom stereocenters.